The molecule has 4 rings (SSSR count). The van der Waals surface area contributed by atoms with E-state index in [0.29, 0.717) is 12.5 Å². The van der Waals surface area contributed by atoms with E-state index in [-0.39, 0.29) is 23.1 Å². The highest BCUT2D eigenvalue weighted by molar-refractivity contribution is 9.10. The van der Waals surface area contributed by atoms with E-state index in [4.69, 9.17) is 4.74 Å². The lowest BCUT2D eigenvalue weighted by Crippen LogP contribution is -2.38. The highest BCUT2D eigenvalue weighted by atomic mass is 79.9. The minimum atomic E-state index is 0. The highest BCUT2D eigenvalue weighted by Crippen LogP contribution is 2.25. The molecule has 0 spiro atoms. The Hall–Kier alpha value is -1.67. The van der Waals surface area contributed by atoms with Crippen LogP contribution in [0.4, 0.5) is 0 Å². The molecule has 2 heterocycles. The fourth-order valence-corrected chi connectivity index (χ4v) is 5.32. The van der Waals surface area contributed by atoms with E-state index in [1.807, 2.05) is 47.0 Å². The quantitative estimate of drug-likeness (QED) is 0.444. The number of fused-ring (bicyclic) bond motifs is 1. The van der Waals surface area contributed by atoms with Gasteiger partial charge in [-0.3, -0.25) is 19.1 Å². The van der Waals surface area contributed by atoms with Gasteiger partial charge in [-0.05, 0) is 74.3 Å². The molecule has 0 bridgehead atoms. The number of nitrogens with zero attached hydrogens (tertiary/aromatic N) is 2. The van der Waals surface area contributed by atoms with Crippen LogP contribution in [-0.2, 0) is 6.54 Å². The SMILES string of the molecule is COc1ccc(C(=O)CN2CCC(Cn3c(=O)sc4cc(Br)ccc43)CC2)cc1.Cl. The Morgan fingerprint density at radius 3 is 2.53 bits per heavy atom. The molecule has 1 fully saturated rings. The molecule has 160 valence electrons. The van der Waals surface area contributed by atoms with Crippen molar-refractivity contribution in [3.8, 4) is 5.75 Å². The van der Waals surface area contributed by atoms with Crippen molar-refractivity contribution in [3.63, 3.8) is 0 Å². The summed E-state index contributed by atoms with van der Waals surface area (Å²) in [4.78, 5) is 27.3. The molecule has 30 heavy (non-hydrogen) atoms. The van der Waals surface area contributed by atoms with Gasteiger partial charge in [0.05, 0.1) is 23.9 Å². The lowest BCUT2D eigenvalue weighted by Gasteiger charge is -2.31. The second kappa shape index (κ2) is 10.1. The van der Waals surface area contributed by atoms with Crippen molar-refractivity contribution in [1.29, 1.82) is 0 Å². The maximum Gasteiger partial charge on any atom is 0.308 e. The maximum absolute atomic E-state index is 12.5. The third-order valence-electron chi connectivity index (χ3n) is 5.56. The summed E-state index contributed by atoms with van der Waals surface area (Å²) < 4.78 is 9.07. The Labute approximate surface area is 194 Å². The number of ketones is 1. The van der Waals surface area contributed by atoms with E-state index in [0.717, 1.165) is 58.5 Å². The first kappa shape index (κ1) is 23.0. The van der Waals surface area contributed by atoms with E-state index < -0.39 is 0 Å². The third-order valence-corrected chi connectivity index (χ3v) is 6.99. The molecule has 0 aliphatic carbocycles. The molecule has 3 aromatic rings. The Kier molecular flexibility index (Phi) is 7.74. The molecule has 1 aliphatic rings. The van der Waals surface area contributed by atoms with Crippen molar-refractivity contribution >= 4 is 55.7 Å². The number of ether oxygens (including phenoxy) is 1. The molecular formula is C22H24BrClN2O3S. The largest absolute Gasteiger partial charge is 0.497 e. The summed E-state index contributed by atoms with van der Waals surface area (Å²) in [6.07, 6.45) is 1.99. The number of hydrogen-bond acceptors (Lipinski definition) is 5. The number of hydrogen-bond donors (Lipinski definition) is 0. The number of carbonyl (C=O) groups is 1. The summed E-state index contributed by atoms with van der Waals surface area (Å²) in [5.41, 5.74) is 1.73. The van der Waals surface area contributed by atoms with E-state index >= 15 is 0 Å². The number of piperidine rings is 1. The second-order valence-electron chi connectivity index (χ2n) is 7.46. The van der Waals surface area contributed by atoms with E-state index in [9.17, 15) is 9.59 Å². The monoisotopic (exact) mass is 510 g/mol. The molecule has 0 radical (unpaired) electrons. The van der Waals surface area contributed by atoms with Crippen LogP contribution in [0.5, 0.6) is 5.75 Å². The lowest BCUT2D eigenvalue weighted by atomic mass is 9.96. The number of thiazole rings is 1. The number of aromatic nitrogens is 1. The van der Waals surface area contributed by atoms with Gasteiger partial charge in [0.2, 0.25) is 0 Å². The Balaban J connectivity index is 0.00000256. The number of Topliss-reactive ketones (excluding diaryl/α,β-unsaturated/α-hetero) is 1. The minimum Gasteiger partial charge on any atom is -0.497 e. The normalized spacial score (nSPS) is 15.1. The van der Waals surface area contributed by atoms with E-state index in [1.54, 1.807) is 7.11 Å². The van der Waals surface area contributed by atoms with E-state index in [1.165, 1.54) is 11.3 Å². The zero-order valence-electron chi connectivity index (χ0n) is 16.7. The van der Waals surface area contributed by atoms with Crippen LogP contribution in [0.3, 0.4) is 0 Å². The number of methoxy groups -OCH3 is 1. The Morgan fingerprint density at radius 1 is 1.17 bits per heavy atom. The van der Waals surface area contributed by atoms with Gasteiger partial charge in [-0.15, -0.1) is 12.4 Å². The summed E-state index contributed by atoms with van der Waals surface area (Å²) in [6, 6.07) is 13.3. The van der Waals surface area contributed by atoms with Crippen LogP contribution in [0.25, 0.3) is 10.2 Å². The Morgan fingerprint density at radius 2 is 1.87 bits per heavy atom. The minimum absolute atomic E-state index is 0. The number of benzene rings is 2. The zero-order chi connectivity index (χ0) is 20.4. The molecular weight excluding hydrogens is 488 g/mol. The summed E-state index contributed by atoms with van der Waals surface area (Å²) in [5, 5.41) is 0. The van der Waals surface area contributed by atoms with Gasteiger partial charge in [-0.25, -0.2) is 0 Å². The third kappa shape index (κ3) is 5.14. The van der Waals surface area contributed by atoms with Gasteiger partial charge in [0.25, 0.3) is 0 Å². The fraction of sp³-hybridized carbons (Fsp3) is 0.364. The van der Waals surface area contributed by atoms with Gasteiger partial charge in [-0.1, -0.05) is 27.3 Å². The van der Waals surface area contributed by atoms with Gasteiger partial charge < -0.3 is 4.74 Å². The first-order valence-electron chi connectivity index (χ1n) is 9.72. The molecule has 1 aromatic heterocycles. The Bertz CT molecular complexity index is 1070. The van der Waals surface area contributed by atoms with Crippen molar-refractivity contribution < 1.29 is 9.53 Å². The summed E-state index contributed by atoms with van der Waals surface area (Å²) in [5.74, 6) is 1.35. The average molecular weight is 512 g/mol. The van der Waals surface area contributed by atoms with Crippen LogP contribution in [0.15, 0.2) is 51.7 Å². The zero-order valence-corrected chi connectivity index (χ0v) is 19.9. The van der Waals surface area contributed by atoms with Crippen LogP contribution in [0.2, 0.25) is 0 Å². The van der Waals surface area contributed by atoms with Gasteiger partial charge >= 0.3 is 4.87 Å². The lowest BCUT2D eigenvalue weighted by molar-refractivity contribution is 0.0890. The highest BCUT2D eigenvalue weighted by Gasteiger charge is 2.23. The van der Waals surface area contributed by atoms with Crippen LogP contribution in [-0.4, -0.2) is 42.0 Å². The summed E-state index contributed by atoms with van der Waals surface area (Å²) in [7, 11) is 1.62. The molecule has 0 unspecified atom stereocenters. The molecule has 2 aromatic carbocycles. The second-order valence-corrected chi connectivity index (χ2v) is 9.37. The molecule has 1 saturated heterocycles. The fourth-order valence-electron chi connectivity index (χ4n) is 3.87. The number of halogens is 2. The van der Waals surface area contributed by atoms with Gasteiger partial charge in [0.1, 0.15) is 5.75 Å². The van der Waals surface area contributed by atoms with Crippen LogP contribution in [0, 0.1) is 5.92 Å². The summed E-state index contributed by atoms with van der Waals surface area (Å²) >= 11 is 4.78. The van der Waals surface area contributed by atoms with Crippen molar-refractivity contribution in [2.24, 2.45) is 5.92 Å². The molecule has 0 saturated carbocycles. The maximum atomic E-state index is 12.5. The number of likely N-dealkylation sites (tertiary alicyclic amines) is 1. The molecule has 5 nitrogen and oxygen atoms in total. The van der Waals surface area contributed by atoms with Crippen LogP contribution >= 0.6 is 39.7 Å². The van der Waals surface area contributed by atoms with Gasteiger partial charge in [-0.2, -0.15) is 0 Å². The number of carbonyl (C=O) groups excluding carboxylic acids is 1. The first-order valence-corrected chi connectivity index (χ1v) is 11.3. The van der Waals surface area contributed by atoms with Crippen LogP contribution < -0.4 is 9.61 Å². The van der Waals surface area contributed by atoms with Crippen molar-refractivity contribution in [3.05, 3.63) is 62.2 Å². The van der Waals surface area contributed by atoms with E-state index in [2.05, 4.69) is 20.8 Å². The van der Waals surface area contributed by atoms with Gasteiger partial charge in [0, 0.05) is 16.6 Å². The molecule has 8 heteroatoms. The molecule has 0 N–H and O–H groups in total. The molecule has 1 aliphatic heterocycles. The first-order chi connectivity index (χ1) is 14.0. The predicted octanol–water partition coefficient (Wildman–Crippen LogP) is 4.85. The standard InChI is InChI=1S/C22H23BrN2O3S.ClH/c1-28-18-5-2-16(3-6-18)20(26)14-24-10-8-15(9-11-24)13-25-19-7-4-17(23)12-21(19)29-22(25)27;/h2-7,12,15H,8-11,13-14H2,1H3;1H. The molecule has 0 atom stereocenters. The average Bonchev–Trinajstić information content (AvgIpc) is 3.03. The topological polar surface area (TPSA) is 51.5 Å². The summed E-state index contributed by atoms with van der Waals surface area (Å²) in [6.45, 7) is 2.96. The van der Waals surface area contributed by atoms with Gasteiger partial charge in [0.15, 0.2) is 5.78 Å². The van der Waals surface area contributed by atoms with Crippen molar-refractivity contribution in [2.75, 3.05) is 26.7 Å². The van der Waals surface area contributed by atoms with Crippen LogP contribution in [0.1, 0.15) is 23.2 Å². The molecule has 0 amide bonds. The predicted molar refractivity (Wildman–Crippen MR) is 128 cm³/mol. The van der Waals surface area contributed by atoms with Crippen molar-refractivity contribution in [1.82, 2.24) is 9.47 Å². The van der Waals surface area contributed by atoms with Crippen molar-refractivity contribution in [2.45, 2.75) is 19.4 Å². The number of rotatable bonds is 6. The smallest absolute Gasteiger partial charge is 0.308 e.